The summed E-state index contributed by atoms with van der Waals surface area (Å²) in [6.45, 7) is 4.53. The minimum absolute atomic E-state index is 0.0409. The summed E-state index contributed by atoms with van der Waals surface area (Å²) in [6, 6.07) is 8.41. The van der Waals surface area contributed by atoms with E-state index in [1.165, 1.54) is 6.20 Å². The summed E-state index contributed by atoms with van der Waals surface area (Å²) in [5.74, 6) is -0.344. The molecule has 2 rings (SSSR count). The molecule has 0 bridgehead atoms. The van der Waals surface area contributed by atoms with Crippen molar-refractivity contribution in [2.45, 2.75) is 40.0 Å². The van der Waals surface area contributed by atoms with Crippen LogP contribution >= 0.6 is 7.75 Å². The number of esters is 1. The predicted molar refractivity (Wildman–Crippen MR) is 107 cm³/mol. The van der Waals surface area contributed by atoms with Gasteiger partial charge in [0.05, 0.1) is 18.4 Å². The Bertz CT molecular complexity index is 876. The average Bonchev–Trinajstić information content (AvgIpc) is 2.68. The van der Waals surface area contributed by atoms with Crippen LogP contribution in [0.4, 0.5) is 0 Å². The van der Waals surface area contributed by atoms with Crippen LogP contribution in [0, 0.1) is 6.92 Å². The summed E-state index contributed by atoms with van der Waals surface area (Å²) < 4.78 is 29.3. The van der Waals surface area contributed by atoms with Crippen LogP contribution in [-0.4, -0.2) is 28.7 Å². The largest absolute Gasteiger partial charge is 0.506 e. The van der Waals surface area contributed by atoms with Crippen LogP contribution in [0.15, 0.2) is 36.5 Å². The number of ether oxygens (including phenoxy) is 1. The van der Waals surface area contributed by atoms with Gasteiger partial charge in [-0.1, -0.05) is 18.2 Å². The minimum Gasteiger partial charge on any atom is -0.506 e. The number of nitrogens with one attached hydrogen (secondary N) is 1. The van der Waals surface area contributed by atoms with Crippen LogP contribution in [0.2, 0.25) is 0 Å². The standard InChI is InChI=1S/C19H26N3O6P/c1-13(2)27-18(23)11-22-29(25,28-16-7-5-4-6-8-16)26-12-15-10-21-14(3)19(24)17(15)9-20/h4-8,10,13,24H,9,11-12,20H2,1-3H3,(H,22,25). The average molecular weight is 423 g/mol. The number of nitrogens with two attached hydrogens (primary N) is 1. The molecule has 0 aliphatic carbocycles. The van der Waals surface area contributed by atoms with E-state index in [0.717, 1.165) is 0 Å². The smallest absolute Gasteiger partial charge is 0.459 e. The summed E-state index contributed by atoms with van der Waals surface area (Å²) in [6.07, 6.45) is 1.17. The minimum atomic E-state index is -3.96. The van der Waals surface area contributed by atoms with Gasteiger partial charge in [-0.15, -0.1) is 0 Å². The van der Waals surface area contributed by atoms with Crippen molar-refractivity contribution < 1.29 is 28.3 Å². The zero-order valence-corrected chi connectivity index (χ0v) is 17.5. The molecule has 0 spiro atoms. The summed E-state index contributed by atoms with van der Waals surface area (Å²) in [5.41, 5.74) is 7.02. The molecular formula is C19H26N3O6P. The Morgan fingerprint density at radius 1 is 1.31 bits per heavy atom. The Morgan fingerprint density at radius 2 is 2.00 bits per heavy atom. The second kappa shape index (κ2) is 10.4. The van der Waals surface area contributed by atoms with E-state index in [2.05, 4.69) is 10.1 Å². The second-order valence-corrected chi connectivity index (χ2v) is 8.20. The van der Waals surface area contributed by atoms with Gasteiger partial charge in [0.25, 0.3) is 0 Å². The number of hydrogen-bond acceptors (Lipinski definition) is 8. The van der Waals surface area contributed by atoms with Crippen LogP contribution in [-0.2, 0) is 31.8 Å². The van der Waals surface area contributed by atoms with Crippen molar-refractivity contribution in [3.8, 4) is 11.5 Å². The number of rotatable bonds is 10. The van der Waals surface area contributed by atoms with E-state index >= 15 is 0 Å². The number of aryl methyl sites for hydroxylation is 1. The molecule has 0 fully saturated rings. The molecule has 2 aromatic rings. The second-order valence-electron chi connectivity index (χ2n) is 6.45. The number of benzene rings is 1. The molecule has 1 aromatic heterocycles. The van der Waals surface area contributed by atoms with Gasteiger partial charge in [0, 0.05) is 23.9 Å². The first-order chi connectivity index (χ1) is 13.7. The lowest BCUT2D eigenvalue weighted by molar-refractivity contribution is -0.145. The first-order valence-corrected chi connectivity index (χ1v) is 10.6. The van der Waals surface area contributed by atoms with Crippen LogP contribution in [0.1, 0.15) is 30.7 Å². The Hall–Kier alpha value is -2.45. The van der Waals surface area contributed by atoms with Crippen molar-refractivity contribution in [2.24, 2.45) is 5.73 Å². The lowest BCUT2D eigenvalue weighted by Crippen LogP contribution is -2.27. The van der Waals surface area contributed by atoms with Gasteiger partial charge in [-0.2, -0.15) is 0 Å². The Labute approximate surface area is 169 Å². The van der Waals surface area contributed by atoms with Gasteiger partial charge in [-0.3, -0.25) is 14.3 Å². The van der Waals surface area contributed by atoms with Crippen molar-refractivity contribution in [3.05, 3.63) is 53.3 Å². The SMILES string of the molecule is Cc1ncc(COP(=O)(NCC(=O)OC(C)C)Oc2ccccc2)c(CN)c1O. The molecule has 0 saturated heterocycles. The fraction of sp³-hybridized carbons (Fsp3) is 0.368. The highest BCUT2D eigenvalue weighted by Gasteiger charge is 2.29. The number of hydrogen-bond donors (Lipinski definition) is 3. The van der Waals surface area contributed by atoms with Crippen molar-refractivity contribution in [3.63, 3.8) is 0 Å². The molecule has 0 saturated carbocycles. The number of aromatic hydroxyl groups is 1. The normalized spacial score (nSPS) is 13.1. The Balaban J connectivity index is 2.18. The fourth-order valence-corrected chi connectivity index (χ4v) is 3.62. The maximum atomic E-state index is 13.2. The monoisotopic (exact) mass is 423 g/mol. The number of carbonyl (C=O) groups excluding carboxylic acids is 1. The van der Waals surface area contributed by atoms with Crippen molar-refractivity contribution >= 4 is 13.7 Å². The predicted octanol–water partition coefficient (Wildman–Crippen LogP) is 2.80. The first-order valence-electron chi connectivity index (χ1n) is 9.04. The quantitative estimate of drug-likeness (QED) is 0.390. The molecular weight excluding hydrogens is 397 g/mol. The summed E-state index contributed by atoms with van der Waals surface area (Å²) in [4.78, 5) is 15.9. The van der Waals surface area contributed by atoms with Crippen molar-refractivity contribution in [1.29, 1.82) is 0 Å². The molecule has 0 aliphatic rings. The van der Waals surface area contributed by atoms with Crippen molar-refractivity contribution in [1.82, 2.24) is 10.1 Å². The molecule has 9 nitrogen and oxygen atoms in total. The first kappa shape index (κ1) is 22.8. The van der Waals surface area contributed by atoms with Gasteiger partial charge in [0.2, 0.25) is 0 Å². The summed E-state index contributed by atoms with van der Waals surface area (Å²) >= 11 is 0. The summed E-state index contributed by atoms with van der Waals surface area (Å²) in [7, 11) is -3.96. The fourth-order valence-electron chi connectivity index (χ4n) is 2.38. The molecule has 158 valence electrons. The molecule has 4 N–H and O–H groups in total. The molecule has 0 amide bonds. The lowest BCUT2D eigenvalue weighted by atomic mass is 10.1. The van der Waals surface area contributed by atoms with Gasteiger partial charge in [-0.05, 0) is 32.9 Å². The van der Waals surface area contributed by atoms with Gasteiger partial charge in [-0.25, -0.2) is 9.65 Å². The van der Waals surface area contributed by atoms with E-state index in [1.807, 2.05) is 0 Å². The summed E-state index contributed by atoms with van der Waals surface area (Å²) in [5, 5.41) is 12.6. The van der Waals surface area contributed by atoms with Crippen LogP contribution < -0.4 is 15.3 Å². The lowest BCUT2D eigenvalue weighted by Gasteiger charge is -2.21. The number of aromatic nitrogens is 1. The highest BCUT2D eigenvalue weighted by molar-refractivity contribution is 7.52. The number of carbonyl (C=O) groups is 1. The third-order valence-electron chi connectivity index (χ3n) is 3.78. The van der Waals surface area contributed by atoms with Gasteiger partial charge < -0.3 is 20.1 Å². The topological polar surface area (TPSA) is 133 Å². The molecule has 29 heavy (non-hydrogen) atoms. The number of nitrogens with zero attached hydrogens (tertiary/aromatic N) is 1. The molecule has 10 heteroatoms. The maximum absolute atomic E-state index is 13.2. The van der Waals surface area contributed by atoms with Crippen LogP contribution in [0.5, 0.6) is 11.5 Å². The van der Waals surface area contributed by atoms with Crippen molar-refractivity contribution in [2.75, 3.05) is 6.54 Å². The number of pyridine rings is 1. The van der Waals surface area contributed by atoms with Crippen LogP contribution in [0.3, 0.4) is 0 Å². The number of para-hydroxylation sites is 1. The maximum Gasteiger partial charge on any atom is 0.459 e. The Morgan fingerprint density at radius 3 is 2.62 bits per heavy atom. The van der Waals surface area contributed by atoms with E-state index in [1.54, 1.807) is 51.1 Å². The third kappa shape index (κ3) is 6.83. The van der Waals surface area contributed by atoms with Crippen LogP contribution in [0.25, 0.3) is 0 Å². The van der Waals surface area contributed by atoms with E-state index in [-0.39, 0.29) is 31.5 Å². The highest BCUT2D eigenvalue weighted by Crippen LogP contribution is 2.45. The van der Waals surface area contributed by atoms with E-state index in [9.17, 15) is 14.5 Å². The van der Waals surface area contributed by atoms with E-state index in [4.69, 9.17) is 19.5 Å². The third-order valence-corrected chi connectivity index (χ3v) is 5.24. The van der Waals surface area contributed by atoms with E-state index in [0.29, 0.717) is 22.6 Å². The highest BCUT2D eigenvalue weighted by atomic mass is 31.2. The molecule has 1 unspecified atom stereocenters. The zero-order valence-electron chi connectivity index (χ0n) is 16.6. The molecule has 1 atom stereocenters. The molecule has 1 aromatic carbocycles. The van der Waals surface area contributed by atoms with Gasteiger partial charge >= 0.3 is 13.7 Å². The molecule has 1 heterocycles. The molecule has 0 aliphatic heterocycles. The van der Waals surface area contributed by atoms with Gasteiger partial charge in [0.15, 0.2) is 0 Å². The zero-order chi connectivity index (χ0) is 21.4. The molecule has 0 radical (unpaired) electrons. The van der Waals surface area contributed by atoms with E-state index < -0.39 is 13.7 Å². The van der Waals surface area contributed by atoms with Gasteiger partial charge in [0.1, 0.15) is 18.0 Å². The Kier molecular flexibility index (Phi) is 8.16.